The van der Waals surface area contributed by atoms with Crippen molar-refractivity contribution in [3.05, 3.63) is 52.7 Å². The first-order valence-electron chi connectivity index (χ1n) is 14.4. The highest BCUT2D eigenvalue weighted by atomic mass is 16.5. The van der Waals surface area contributed by atoms with E-state index in [0.29, 0.717) is 50.3 Å². The molecule has 3 aliphatic rings. The zero-order valence-electron chi connectivity index (χ0n) is 24.3. The Balaban J connectivity index is 1.28. The number of likely N-dealkylation sites (tertiary alicyclic amines) is 1. The number of hydrogen-bond donors (Lipinski definition) is 0. The Morgan fingerprint density at radius 2 is 1.76 bits per heavy atom. The van der Waals surface area contributed by atoms with Crippen molar-refractivity contribution in [3.63, 3.8) is 0 Å². The summed E-state index contributed by atoms with van der Waals surface area (Å²) in [5.41, 5.74) is 2.70. The largest absolute Gasteiger partial charge is 0.372 e. The predicted octanol–water partition coefficient (Wildman–Crippen LogP) is 3.03. The van der Waals surface area contributed by atoms with Crippen LogP contribution >= 0.6 is 0 Å². The van der Waals surface area contributed by atoms with Gasteiger partial charge in [0.05, 0.1) is 19.1 Å². The fraction of sp³-hybridized carbons (Fsp3) is 0.577. The Morgan fingerprint density at radius 3 is 2.45 bits per heavy atom. The second-order valence-corrected chi connectivity index (χ2v) is 9.45. The van der Waals surface area contributed by atoms with Crippen LogP contribution in [0.15, 0.2) is 30.2 Å². The summed E-state index contributed by atoms with van der Waals surface area (Å²) in [5, 5.41) is 4.63. The van der Waals surface area contributed by atoms with Gasteiger partial charge in [-0.3, -0.25) is 14.3 Å². The first kappa shape index (κ1) is 16.9. The number of nitrogens with zero attached hydrogens (tertiary/aromatic N) is 4. The smallest absolute Gasteiger partial charge is 0.274 e. The second-order valence-electron chi connectivity index (χ2n) is 9.45. The number of hydrogen-bond acceptors (Lipinski definition) is 4. The molecule has 0 saturated carbocycles. The van der Waals surface area contributed by atoms with Crippen LogP contribution in [0.3, 0.4) is 0 Å². The molecule has 0 N–H and O–H groups in total. The van der Waals surface area contributed by atoms with Crippen molar-refractivity contribution < 1.29 is 21.2 Å². The van der Waals surface area contributed by atoms with Crippen molar-refractivity contribution in [1.29, 1.82) is 0 Å². The molecule has 0 unspecified atom stereocenters. The number of benzene rings is 1. The zero-order valence-corrected chi connectivity index (χ0v) is 19.3. The minimum Gasteiger partial charge on any atom is -0.372 e. The van der Waals surface area contributed by atoms with Crippen LogP contribution in [-0.4, -0.2) is 69.8 Å². The highest BCUT2D eigenvalue weighted by molar-refractivity contribution is 5.94. The van der Waals surface area contributed by atoms with Crippen LogP contribution in [0.2, 0.25) is 0 Å². The van der Waals surface area contributed by atoms with E-state index in [1.165, 1.54) is 0 Å². The van der Waals surface area contributed by atoms with Gasteiger partial charge in [0, 0.05) is 37.4 Å². The molecule has 2 atom stereocenters. The maximum atomic E-state index is 13.4. The number of fused-ring (bicyclic) bond motifs is 1. The van der Waals surface area contributed by atoms with E-state index in [1.807, 2.05) is 13.8 Å². The molecule has 1 aliphatic carbocycles. The third-order valence-electron chi connectivity index (χ3n) is 6.98. The number of rotatable bonds is 4. The van der Waals surface area contributed by atoms with Crippen LogP contribution in [0.4, 0.5) is 0 Å². The molecule has 7 heteroatoms. The molecule has 2 fully saturated rings. The van der Waals surface area contributed by atoms with Crippen molar-refractivity contribution in [2.45, 2.75) is 70.6 Å². The third kappa shape index (κ3) is 4.56. The maximum Gasteiger partial charge on any atom is 0.274 e. The summed E-state index contributed by atoms with van der Waals surface area (Å²) in [6.07, 6.45) is 3.47. The lowest BCUT2D eigenvalue weighted by atomic mass is 9.89. The molecule has 7 nitrogen and oxygen atoms in total. The number of morpholine rings is 1. The van der Waals surface area contributed by atoms with E-state index in [9.17, 15) is 9.59 Å². The molecule has 2 aliphatic heterocycles. The summed E-state index contributed by atoms with van der Waals surface area (Å²) in [5.74, 6) is -0.394. The third-order valence-corrected chi connectivity index (χ3v) is 6.98. The Hall–Kier alpha value is -2.67. The van der Waals surface area contributed by atoms with Crippen molar-refractivity contribution in [3.8, 4) is 0 Å². The lowest BCUT2D eigenvalue weighted by molar-refractivity contribution is -0.133. The van der Waals surface area contributed by atoms with E-state index in [2.05, 4.69) is 5.10 Å². The lowest BCUT2D eigenvalue weighted by Crippen LogP contribution is -2.48. The number of carbonyl (C=O) groups excluding carboxylic acids is 2. The van der Waals surface area contributed by atoms with E-state index in [-0.39, 0.29) is 60.7 Å². The summed E-state index contributed by atoms with van der Waals surface area (Å²) in [7, 11) is 0. The first-order valence-corrected chi connectivity index (χ1v) is 11.9. The quantitative estimate of drug-likeness (QED) is 0.711. The van der Waals surface area contributed by atoms with Crippen molar-refractivity contribution >= 4 is 11.8 Å². The van der Waals surface area contributed by atoms with Gasteiger partial charge < -0.3 is 14.5 Å². The minimum atomic E-state index is -0.390. The van der Waals surface area contributed by atoms with Crippen LogP contribution in [0.5, 0.6) is 0 Å². The summed E-state index contributed by atoms with van der Waals surface area (Å²) in [4.78, 5) is 30.2. The van der Waals surface area contributed by atoms with E-state index in [4.69, 9.17) is 11.6 Å². The molecular formula is C26H34N4O3. The van der Waals surface area contributed by atoms with Gasteiger partial charge in [0.15, 0.2) is 5.69 Å². The van der Waals surface area contributed by atoms with Gasteiger partial charge in [-0.05, 0) is 57.4 Å². The monoisotopic (exact) mass is 455 g/mol. The fourth-order valence-electron chi connectivity index (χ4n) is 5.41. The molecule has 33 heavy (non-hydrogen) atoms. The number of piperidine rings is 1. The van der Waals surface area contributed by atoms with Crippen LogP contribution in [-0.2, 0) is 28.9 Å². The molecule has 2 aromatic rings. The maximum absolute atomic E-state index is 13.4. The lowest BCUT2D eigenvalue weighted by Gasteiger charge is -2.35. The molecule has 1 aromatic carbocycles. The van der Waals surface area contributed by atoms with Gasteiger partial charge in [0.2, 0.25) is 5.91 Å². The average Bonchev–Trinajstić information content (AvgIpc) is 3.50. The Labute approximate surface area is 202 Å². The first-order chi connectivity index (χ1) is 18.1. The summed E-state index contributed by atoms with van der Waals surface area (Å²) >= 11 is 0. The van der Waals surface area contributed by atoms with Gasteiger partial charge in [0.1, 0.15) is 6.54 Å². The van der Waals surface area contributed by atoms with Gasteiger partial charge in [-0.25, -0.2) is 0 Å². The Morgan fingerprint density at radius 1 is 1.06 bits per heavy atom. The van der Waals surface area contributed by atoms with Gasteiger partial charge in [-0.1, -0.05) is 30.2 Å². The molecule has 0 radical (unpaired) electrons. The normalized spacial score (nSPS) is 25.7. The molecule has 3 heterocycles. The summed E-state index contributed by atoms with van der Waals surface area (Å²) in [6.45, 7) is 5.89. The Bertz CT molecular complexity index is 1240. The number of aromatic nitrogens is 2. The van der Waals surface area contributed by atoms with Crippen molar-refractivity contribution in [2.24, 2.45) is 0 Å². The molecule has 2 amide bonds. The van der Waals surface area contributed by atoms with Crippen LogP contribution in [0.25, 0.3) is 0 Å². The zero-order chi connectivity index (χ0) is 27.3. The van der Waals surface area contributed by atoms with Crippen LogP contribution < -0.4 is 0 Å². The number of amides is 2. The average molecular weight is 456 g/mol. The minimum absolute atomic E-state index is 0.0371. The molecule has 0 bridgehead atoms. The molecule has 176 valence electrons. The molecule has 0 spiro atoms. The van der Waals surface area contributed by atoms with Crippen molar-refractivity contribution in [1.82, 2.24) is 19.6 Å². The Kier molecular flexibility index (Phi) is 4.75. The fourth-order valence-corrected chi connectivity index (χ4v) is 5.41. The summed E-state index contributed by atoms with van der Waals surface area (Å²) < 4.78 is 47.7. The van der Waals surface area contributed by atoms with E-state index >= 15 is 0 Å². The highest BCUT2D eigenvalue weighted by Crippen LogP contribution is 2.29. The van der Waals surface area contributed by atoms with Crippen LogP contribution in [0, 0.1) is 0 Å². The SMILES string of the molecule is [2H]c1c([2H])c([2H])c(C2CCN(C(=O)Cn3nc(C(=O)N4C[C@@H](C)O[C@@H](C)C4)c4c3CCC4)CC2)c([2H])c1[2H]. The van der Waals surface area contributed by atoms with E-state index < -0.39 is 6.04 Å². The van der Waals surface area contributed by atoms with Crippen LogP contribution in [0.1, 0.15) is 73.2 Å². The standard InChI is InChI=1S/C26H34N4O3/c1-18-15-29(16-19(2)33-18)26(32)25-22-9-6-10-23(22)30(27-25)17-24(31)28-13-11-21(12-14-28)20-7-4-3-5-8-20/h3-5,7-8,18-19,21H,6,9-17H2,1-2H3/t18-,19+/i3D,4D,5D,7D,8D. The molecule has 5 rings (SSSR count). The highest BCUT2D eigenvalue weighted by Gasteiger charge is 2.33. The second kappa shape index (κ2) is 9.29. The number of carbonyl (C=O) groups is 2. The molecular weight excluding hydrogens is 416 g/mol. The topological polar surface area (TPSA) is 67.7 Å². The van der Waals surface area contributed by atoms with Gasteiger partial charge in [-0.15, -0.1) is 0 Å². The summed E-state index contributed by atoms with van der Waals surface area (Å²) in [6, 6.07) is -1.35. The van der Waals surface area contributed by atoms with Gasteiger partial charge >= 0.3 is 0 Å². The van der Waals surface area contributed by atoms with E-state index in [0.717, 1.165) is 30.5 Å². The number of ether oxygens (including phenoxy) is 1. The van der Waals surface area contributed by atoms with Gasteiger partial charge in [-0.2, -0.15) is 5.10 Å². The molecule has 1 aromatic heterocycles. The van der Waals surface area contributed by atoms with Gasteiger partial charge in [0.25, 0.3) is 5.91 Å². The predicted molar refractivity (Wildman–Crippen MR) is 125 cm³/mol. The van der Waals surface area contributed by atoms with Crippen molar-refractivity contribution in [2.75, 3.05) is 26.2 Å². The molecule has 2 saturated heterocycles. The van der Waals surface area contributed by atoms with E-state index in [1.54, 1.807) is 14.5 Å².